The van der Waals surface area contributed by atoms with Crippen molar-refractivity contribution in [2.24, 2.45) is 9.98 Å². The highest BCUT2D eigenvalue weighted by molar-refractivity contribution is 5.86. The Kier molecular flexibility index (Phi) is 13.2. The summed E-state index contributed by atoms with van der Waals surface area (Å²) < 4.78 is 2.48. The zero-order valence-corrected chi connectivity index (χ0v) is 35.0. The largest absolute Gasteiger partial charge is 0.507 e. The van der Waals surface area contributed by atoms with E-state index in [0.29, 0.717) is 30.6 Å². The topological polar surface area (TPSA) is 83.5 Å². The molecule has 0 saturated carbocycles. The Balaban J connectivity index is 1.27. The summed E-state index contributed by atoms with van der Waals surface area (Å²) in [6.07, 6.45) is 15.1. The van der Waals surface area contributed by atoms with Gasteiger partial charge in [-0.15, -0.1) is 0 Å². The van der Waals surface area contributed by atoms with Crippen LogP contribution >= 0.6 is 0 Å². The predicted molar refractivity (Wildman–Crippen MR) is 231 cm³/mol. The molecule has 3 aromatic carbocycles. The van der Waals surface area contributed by atoms with E-state index >= 15 is 0 Å². The van der Waals surface area contributed by atoms with Crippen LogP contribution in [0.3, 0.4) is 0 Å². The van der Waals surface area contributed by atoms with Gasteiger partial charge in [0, 0.05) is 30.1 Å². The third kappa shape index (κ3) is 10.5. The molecule has 296 valence electrons. The van der Waals surface area contributed by atoms with Crippen LogP contribution in [0.15, 0.2) is 52.4 Å². The highest BCUT2D eigenvalue weighted by Crippen LogP contribution is 2.33. The average molecular weight is 747 g/mol. The maximum atomic E-state index is 11.5. The Morgan fingerprint density at radius 1 is 0.745 bits per heavy atom. The summed E-state index contributed by atoms with van der Waals surface area (Å²) in [5, 5.41) is 26.7. The number of hydrogen-bond acceptors (Lipinski definition) is 6. The minimum atomic E-state index is -0.0533. The number of piperazine rings is 1. The number of phenolic OH excluding ortho intramolecular Hbond substituents is 2. The fraction of sp³-hybridized carbons (Fsp3) is 0.562. The van der Waals surface area contributed by atoms with Crippen molar-refractivity contribution in [1.82, 2.24) is 10.2 Å². The minimum Gasteiger partial charge on any atom is -0.507 e. The highest BCUT2D eigenvalue weighted by Gasteiger charge is 2.36. The van der Waals surface area contributed by atoms with Gasteiger partial charge in [0.2, 0.25) is 0 Å². The number of phenols is 2. The molecule has 7 heteroatoms. The second-order valence-corrected chi connectivity index (χ2v) is 18.4. The molecule has 3 N–H and O–H groups in total. The van der Waals surface area contributed by atoms with Gasteiger partial charge in [0.05, 0.1) is 39.8 Å². The van der Waals surface area contributed by atoms with Gasteiger partial charge in [0.1, 0.15) is 17.5 Å². The van der Waals surface area contributed by atoms with E-state index in [-0.39, 0.29) is 10.8 Å². The Hall–Kier alpha value is -3.97. The van der Waals surface area contributed by atoms with Crippen molar-refractivity contribution in [3.63, 3.8) is 0 Å². The number of nitrogens with one attached hydrogen (secondary N) is 1. The molecule has 7 nitrogen and oxygen atoms in total. The van der Waals surface area contributed by atoms with Gasteiger partial charge in [-0.1, -0.05) is 71.9 Å². The molecule has 55 heavy (non-hydrogen) atoms. The van der Waals surface area contributed by atoms with Crippen molar-refractivity contribution in [1.29, 1.82) is 0 Å². The Morgan fingerprint density at radius 2 is 1.35 bits per heavy atom. The molecule has 0 aromatic heterocycles. The monoisotopic (exact) mass is 747 g/mol. The molecular weight excluding hydrogens is 679 g/mol. The minimum absolute atomic E-state index is 0.0505. The molecule has 0 aliphatic carbocycles. The first kappa shape index (κ1) is 40.7. The van der Waals surface area contributed by atoms with E-state index in [9.17, 15) is 10.2 Å². The van der Waals surface area contributed by atoms with Crippen LogP contribution in [0.2, 0.25) is 0 Å². The molecule has 7 rings (SSSR count). The molecule has 0 amide bonds. The lowest BCUT2D eigenvalue weighted by Gasteiger charge is -2.34. The fourth-order valence-corrected chi connectivity index (χ4v) is 8.62. The Bertz CT molecular complexity index is 1890. The number of fused-ring (bicyclic) bond motifs is 10. The lowest BCUT2D eigenvalue weighted by Crippen LogP contribution is -2.59. The molecule has 1 saturated heterocycles. The second kappa shape index (κ2) is 17.9. The Labute approximate surface area is 331 Å². The first-order valence-electron chi connectivity index (χ1n) is 21.2. The second-order valence-electron chi connectivity index (χ2n) is 18.4. The van der Waals surface area contributed by atoms with E-state index < -0.39 is 0 Å². The van der Waals surface area contributed by atoms with Crippen LogP contribution in [0.1, 0.15) is 130 Å². The zero-order valence-electron chi connectivity index (χ0n) is 35.0. The highest BCUT2D eigenvalue weighted by atomic mass is 16.3. The first-order chi connectivity index (χ1) is 26.3. The van der Waals surface area contributed by atoms with Crippen molar-refractivity contribution in [2.45, 2.75) is 129 Å². The van der Waals surface area contributed by atoms with E-state index in [0.717, 1.165) is 99.8 Å². The van der Waals surface area contributed by atoms with Crippen LogP contribution in [0.25, 0.3) is 0 Å². The summed E-state index contributed by atoms with van der Waals surface area (Å²) in [5.74, 6) is 2.18. The number of aromatic hydroxyl groups is 2. The summed E-state index contributed by atoms with van der Waals surface area (Å²) in [7, 11) is 2.26. The van der Waals surface area contributed by atoms with E-state index in [2.05, 4.69) is 116 Å². The third-order valence-corrected chi connectivity index (χ3v) is 12.0. The van der Waals surface area contributed by atoms with Gasteiger partial charge in [0.15, 0.2) is 0 Å². The summed E-state index contributed by atoms with van der Waals surface area (Å²) >= 11 is 0. The number of rotatable bonds is 5. The first-order valence-corrected chi connectivity index (χ1v) is 21.2. The van der Waals surface area contributed by atoms with Gasteiger partial charge < -0.3 is 10.2 Å². The third-order valence-electron chi connectivity index (χ3n) is 12.0. The summed E-state index contributed by atoms with van der Waals surface area (Å²) in [5.41, 5.74) is 10.1. The number of aliphatic imine (C=N–C) groups is 2. The van der Waals surface area contributed by atoms with E-state index in [1.54, 1.807) is 0 Å². The molecule has 4 heterocycles. The van der Waals surface area contributed by atoms with Crippen molar-refractivity contribution in [2.75, 3.05) is 46.3 Å². The molecule has 1 unspecified atom stereocenters. The standard InChI is InChI=1S/C48H67N5O2/c1-47(2,3)41-28-37-16-10-13-34-19-20-35(36(27-34)14-8-9-25-53-26-23-51-43-18-12-24-52(7)46(43)53)15-11-17-38-29-42(48(4,5)6)31-40(45(38)55)33-50-22-21-49-32-39(30-41)44(37)54/h19-20,27-33,43,51H,8-18,21-26H2,1-7H3,(H-,49,50,54,55)/p+1. The summed E-state index contributed by atoms with van der Waals surface area (Å²) in [4.78, 5) is 12.0. The van der Waals surface area contributed by atoms with Crippen LogP contribution in [-0.2, 0) is 42.9 Å². The molecule has 1 fully saturated rings. The maximum Gasteiger partial charge on any atom is 0.264 e. The van der Waals surface area contributed by atoms with Gasteiger partial charge in [-0.2, -0.15) is 0 Å². The molecular formula is C48H68N5O2+. The van der Waals surface area contributed by atoms with Gasteiger partial charge in [0.25, 0.3) is 5.84 Å². The average Bonchev–Trinajstić information content (AvgIpc) is 3.13. The van der Waals surface area contributed by atoms with Crippen LogP contribution < -0.4 is 5.32 Å². The summed E-state index contributed by atoms with van der Waals surface area (Å²) in [6.45, 7) is 18.8. The number of nitrogens with zero attached hydrogens (tertiary/aromatic N) is 4. The van der Waals surface area contributed by atoms with Crippen molar-refractivity contribution in [3.05, 3.63) is 92.5 Å². The van der Waals surface area contributed by atoms with Gasteiger partial charge in [-0.25, -0.2) is 0 Å². The van der Waals surface area contributed by atoms with Crippen molar-refractivity contribution < 1.29 is 14.8 Å². The number of aryl methyl sites for hydroxylation is 5. The Morgan fingerprint density at radius 3 is 1.96 bits per heavy atom. The van der Waals surface area contributed by atoms with Gasteiger partial charge >= 0.3 is 0 Å². The van der Waals surface area contributed by atoms with Crippen LogP contribution in [0.4, 0.5) is 0 Å². The van der Waals surface area contributed by atoms with E-state index in [4.69, 9.17) is 0 Å². The lowest BCUT2D eigenvalue weighted by atomic mass is 9.84. The van der Waals surface area contributed by atoms with Gasteiger partial charge in [-0.3, -0.25) is 24.8 Å². The van der Waals surface area contributed by atoms with Gasteiger partial charge in [-0.05, 0) is 133 Å². The number of unbranched alkanes of at least 4 members (excludes halogenated alkanes) is 1. The maximum absolute atomic E-state index is 11.5. The molecule has 3 aromatic rings. The predicted octanol–water partition coefficient (Wildman–Crippen LogP) is 8.33. The molecule has 1 atom stereocenters. The lowest BCUT2D eigenvalue weighted by molar-refractivity contribution is -0.510. The normalized spacial score (nSPS) is 18.9. The quantitative estimate of drug-likeness (QED) is 0.181. The zero-order chi connectivity index (χ0) is 39.2. The molecule has 4 aliphatic rings. The van der Waals surface area contributed by atoms with Crippen molar-refractivity contribution >= 4 is 18.3 Å². The van der Waals surface area contributed by atoms with Crippen LogP contribution in [0.5, 0.6) is 11.5 Å². The number of amidine groups is 1. The fourth-order valence-electron chi connectivity index (χ4n) is 8.62. The van der Waals surface area contributed by atoms with Crippen LogP contribution in [-0.4, -0.2) is 90.3 Å². The van der Waals surface area contributed by atoms with Crippen molar-refractivity contribution in [3.8, 4) is 11.5 Å². The smallest absolute Gasteiger partial charge is 0.264 e. The van der Waals surface area contributed by atoms with E-state index in [1.807, 2.05) is 12.4 Å². The number of benzene rings is 3. The van der Waals surface area contributed by atoms with E-state index in [1.165, 1.54) is 52.9 Å². The SMILES string of the molecule is C[N+]1=C2C(CCC1)NCCN2CCCCc1cc2ccc1CCCc1cc(C(C)(C)C)cc(c1O)C=NCCN=Cc1cc(C(C)(C)C)cc(c1O)CCC2. The van der Waals surface area contributed by atoms with Crippen LogP contribution in [0, 0.1) is 0 Å². The molecule has 0 radical (unpaired) electrons. The number of hydrogen-bond donors (Lipinski definition) is 3. The molecule has 0 spiro atoms. The summed E-state index contributed by atoms with van der Waals surface area (Å²) in [6, 6.07) is 16.3. The molecule has 4 aliphatic heterocycles. The molecule has 6 bridgehead atoms.